The molecule has 17 heavy (non-hydrogen) atoms. The fourth-order valence-corrected chi connectivity index (χ4v) is 1.84. The Bertz CT molecular complexity index is 406. The summed E-state index contributed by atoms with van der Waals surface area (Å²) in [6.45, 7) is 2.09. The zero-order chi connectivity index (χ0) is 12.4. The maximum atomic E-state index is 11.8. The lowest BCUT2D eigenvalue weighted by Gasteiger charge is -2.11. The summed E-state index contributed by atoms with van der Waals surface area (Å²) in [5.41, 5.74) is 1.25. The Kier molecular flexibility index (Phi) is 3.33. The van der Waals surface area contributed by atoms with Gasteiger partial charge in [-0.05, 0) is 49.4 Å². The second-order valence-corrected chi connectivity index (χ2v) is 4.67. The summed E-state index contributed by atoms with van der Waals surface area (Å²) in [5.74, 6) is 0.169. The molecule has 0 bridgehead atoms. The smallest absolute Gasteiger partial charge is 0.251 e. The number of hydrogen-bond acceptors (Lipinski definition) is 3. The summed E-state index contributed by atoms with van der Waals surface area (Å²) in [7, 11) is 0. The Hall–Kier alpha value is -1.55. The molecule has 0 heterocycles. The van der Waals surface area contributed by atoms with Crippen LogP contribution in [0.25, 0.3) is 0 Å². The van der Waals surface area contributed by atoms with Crippen molar-refractivity contribution in [3.8, 4) is 5.75 Å². The molecule has 0 aromatic heterocycles. The van der Waals surface area contributed by atoms with Gasteiger partial charge in [-0.2, -0.15) is 0 Å². The molecule has 2 rings (SSSR count). The van der Waals surface area contributed by atoms with Crippen molar-refractivity contribution in [3.63, 3.8) is 0 Å². The van der Waals surface area contributed by atoms with E-state index in [2.05, 4.69) is 5.32 Å². The number of hydrogen-bond donors (Lipinski definition) is 3. The third-order valence-electron chi connectivity index (χ3n) is 2.96. The molecule has 0 aliphatic heterocycles. The number of aliphatic hydroxyl groups is 1. The molecular weight excluding hydrogens is 218 g/mol. The first-order valence-corrected chi connectivity index (χ1v) is 5.83. The van der Waals surface area contributed by atoms with E-state index < -0.39 is 6.10 Å². The predicted octanol–water partition coefficient (Wildman–Crippen LogP) is 1.20. The van der Waals surface area contributed by atoms with Gasteiger partial charge in [-0.1, -0.05) is 0 Å². The van der Waals surface area contributed by atoms with Crippen molar-refractivity contribution < 1.29 is 15.0 Å². The molecule has 0 saturated heterocycles. The standard InChI is InChI=1S/C13H17NO3/c1-8-4-10(6-11(15)5-8)13(17)14-7-12(16)9-2-3-9/h4-6,9,12,15-16H,2-3,7H2,1H3,(H,14,17). The average molecular weight is 235 g/mol. The fourth-order valence-electron chi connectivity index (χ4n) is 1.84. The van der Waals surface area contributed by atoms with Gasteiger partial charge >= 0.3 is 0 Å². The maximum Gasteiger partial charge on any atom is 0.251 e. The van der Waals surface area contributed by atoms with Crippen LogP contribution in [0, 0.1) is 12.8 Å². The molecule has 92 valence electrons. The van der Waals surface area contributed by atoms with Crippen LogP contribution in [-0.4, -0.2) is 28.8 Å². The van der Waals surface area contributed by atoms with Crippen molar-refractivity contribution in [1.29, 1.82) is 0 Å². The molecule has 1 saturated carbocycles. The molecule has 1 aromatic carbocycles. The van der Waals surface area contributed by atoms with Crippen LogP contribution in [0.3, 0.4) is 0 Å². The topological polar surface area (TPSA) is 69.6 Å². The van der Waals surface area contributed by atoms with E-state index in [1.807, 2.05) is 6.92 Å². The zero-order valence-electron chi connectivity index (χ0n) is 9.81. The van der Waals surface area contributed by atoms with Crippen LogP contribution in [0.15, 0.2) is 18.2 Å². The van der Waals surface area contributed by atoms with Gasteiger partial charge in [0.25, 0.3) is 5.91 Å². The second-order valence-electron chi connectivity index (χ2n) is 4.67. The van der Waals surface area contributed by atoms with Crippen LogP contribution in [0.1, 0.15) is 28.8 Å². The summed E-state index contributed by atoms with van der Waals surface area (Å²) in [6.07, 6.45) is 1.64. The summed E-state index contributed by atoms with van der Waals surface area (Å²) in [5, 5.41) is 21.7. The van der Waals surface area contributed by atoms with E-state index in [-0.39, 0.29) is 18.2 Å². The van der Waals surface area contributed by atoms with Gasteiger partial charge < -0.3 is 15.5 Å². The Balaban J connectivity index is 1.94. The third-order valence-corrected chi connectivity index (χ3v) is 2.96. The number of rotatable bonds is 4. The molecule has 0 spiro atoms. The first-order valence-electron chi connectivity index (χ1n) is 5.83. The van der Waals surface area contributed by atoms with E-state index >= 15 is 0 Å². The quantitative estimate of drug-likeness (QED) is 0.734. The minimum atomic E-state index is -0.447. The molecule has 1 amide bonds. The molecule has 1 aromatic rings. The number of aromatic hydroxyl groups is 1. The molecule has 1 aliphatic carbocycles. The largest absolute Gasteiger partial charge is 0.508 e. The Morgan fingerprint density at radius 2 is 2.18 bits per heavy atom. The summed E-state index contributed by atoms with van der Waals surface area (Å²) < 4.78 is 0. The van der Waals surface area contributed by atoms with E-state index in [0.717, 1.165) is 18.4 Å². The lowest BCUT2D eigenvalue weighted by Crippen LogP contribution is -2.33. The Labute approximate surface area is 100 Å². The maximum absolute atomic E-state index is 11.8. The number of carbonyl (C=O) groups is 1. The molecule has 1 unspecified atom stereocenters. The summed E-state index contributed by atoms with van der Waals surface area (Å²) >= 11 is 0. The SMILES string of the molecule is Cc1cc(O)cc(C(=O)NCC(O)C2CC2)c1. The van der Waals surface area contributed by atoms with Crippen LogP contribution in [0.2, 0.25) is 0 Å². The van der Waals surface area contributed by atoms with Gasteiger partial charge in [-0.15, -0.1) is 0 Å². The first kappa shape index (κ1) is 11.9. The number of nitrogens with one attached hydrogen (secondary N) is 1. The summed E-state index contributed by atoms with van der Waals surface area (Å²) in [6, 6.07) is 4.72. The van der Waals surface area contributed by atoms with Gasteiger partial charge in [-0.25, -0.2) is 0 Å². The van der Waals surface area contributed by atoms with Gasteiger partial charge in [0, 0.05) is 12.1 Å². The highest BCUT2D eigenvalue weighted by atomic mass is 16.3. The monoisotopic (exact) mass is 235 g/mol. The predicted molar refractivity (Wildman–Crippen MR) is 63.9 cm³/mol. The molecule has 1 atom stereocenters. The number of aliphatic hydroxyl groups excluding tert-OH is 1. The molecule has 4 nitrogen and oxygen atoms in total. The number of carbonyl (C=O) groups excluding carboxylic acids is 1. The van der Waals surface area contributed by atoms with Gasteiger partial charge in [0.2, 0.25) is 0 Å². The highest BCUT2D eigenvalue weighted by molar-refractivity contribution is 5.94. The van der Waals surface area contributed by atoms with Crippen molar-refractivity contribution in [2.24, 2.45) is 5.92 Å². The number of phenols is 1. The van der Waals surface area contributed by atoms with Gasteiger partial charge in [0.15, 0.2) is 0 Å². The number of aryl methyl sites for hydroxylation is 1. The van der Waals surface area contributed by atoms with Crippen LogP contribution >= 0.6 is 0 Å². The number of benzene rings is 1. The normalized spacial score (nSPS) is 16.6. The van der Waals surface area contributed by atoms with Crippen molar-refractivity contribution in [2.75, 3.05) is 6.54 Å². The molecule has 1 aliphatic rings. The molecule has 3 N–H and O–H groups in total. The molecular formula is C13H17NO3. The first-order chi connectivity index (χ1) is 8.06. The fraction of sp³-hybridized carbons (Fsp3) is 0.462. The lowest BCUT2D eigenvalue weighted by atomic mass is 10.1. The van der Waals surface area contributed by atoms with E-state index in [1.165, 1.54) is 6.07 Å². The highest BCUT2D eigenvalue weighted by Crippen LogP contribution is 2.32. The zero-order valence-corrected chi connectivity index (χ0v) is 9.81. The van der Waals surface area contributed by atoms with Crippen LogP contribution in [-0.2, 0) is 0 Å². The van der Waals surface area contributed by atoms with E-state index in [9.17, 15) is 15.0 Å². The second kappa shape index (κ2) is 4.75. The van der Waals surface area contributed by atoms with Crippen molar-refractivity contribution >= 4 is 5.91 Å². The highest BCUT2D eigenvalue weighted by Gasteiger charge is 2.29. The van der Waals surface area contributed by atoms with E-state index in [4.69, 9.17) is 0 Å². The number of phenolic OH excluding ortho intramolecular Hbond substituents is 1. The van der Waals surface area contributed by atoms with Crippen LogP contribution < -0.4 is 5.32 Å². The van der Waals surface area contributed by atoms with Gasteiger partial charge in [0.1, 0.15) is 5.75 Å². The minimum absolute atomic E-state index is 0.0814. The van der Waals surface area contributed by atoms with Crippen LogP contribution in [0.5, 0.6) is 5.75 Å². The molecule has 0 radical (unpaired) electrons. The van der Waals surface area contributed by atoms with E-state index in [0.29, 0.717) is 11.5 Å². The minimum Gasteiger partial charge on any atom is -0.508 e. The Morgan fingerprint density at radius 1 is 1.47 bits per heavy atom. The Morgan fingerprint density at radius 3 is 2.76 bits per heavy atom. The summed E-state index contributed by atoms with van der Waals surface area (Å²) in [4.78, 5) is 11.8. The van der Waals surface area contributed by atoms with Crippen LogP contribution in [0.4, 0.5) is 0 Å². The number of amides is 1. The van der Waals surface area contributed by atoms with Gasteiger partial charge in [0.05, 0.1) is 6.10 Å². The van der Waals surface area contributed by atoms with Crippen molar-refractivity contribution in [3.05, 3.63) is 29.3 Å². The third kappa shape index (κ3) is 3.20. The lowest BCUT2D eigenvalue weighted by molar-refractivity contribution is 0.0900. The van der Waals surface area contributed by atoms with Crippen molar-refractivity contribution in [2.45, 2.75) is 25.9 Å². The molecule has 4 heteroatoms. The van der Waals surface area contributed by atoms with Crippen molar-refractivity contribution in [1.82, 2.24) is 5.32 Å². The average Bonchev–Trinajstić information content (AvgIpc) is 3.07. The van der Waals surface area contributed by atoms with E-state index in [1.54, 1.807) is 12.1 Å². The molecule has 1 fully saturated rings. The van der Waals surface area contributed by atoms with Gasteiger partial charge in [-0.3, -0.25) is 4.79 Å².